The van der Waals surface area contributed by atoms with Crippen LogP contribution in [-0.4, -0.2) is 19.0 Å². The quantitative estimate of drug-likeness (QED) is 0.583. The highest BCUT2D eigenvalue weighted by Crippen LogP contribution is 2.20. The van der Waals surface area contributed by atoms with Gasteiger partial charge in [-0.1, -0.05) is 31.2 Å². The van der Waals surface area contributed by atoms with Crippen LogP contribution in [0.5, 0.6) is 0 Å². The van der Waals surface area contributed by atoms with Crippen LogP contribution in [0.15, 0.2) is 30.9 Å². The van der Waals surface area contributed by atoms with Crippen molar-refractivity contribution >= 4 is 11.6 Å². The number of carbonyl (C=O) groups excluding carboxylic acids is 1. The van der Waals surface area contributed by atoms with E-state index in [4.69, 9.17) is 0 Å². The fourth-order valence-corrected chi connectivity index (χ4v) is 1.67. The van der Waals surface area contributed by atoms with Crippen molar-refractivity contribution in [1.82, 2.24) is 5.32 Å². The highest BCUT2D eigenvalue weighted by Gasteiger charge is 2.07. The second kappa shape index (κ2) is 6.86. The van der Waals surface area contributed by atoms with Crippen LogP contribution in [-0.2, 0) is 11.2 Å². The van der Waals surface area contributed by atoms with E-state index in [9.17, 15) is 4.79 Å². The molecule has 1 aromatic carbocycles. The Bertz CT molecular complexity index is 399. The largest absolute Gasteiger partial charge is 0.324 e. The average molecular weight is 232 g/mol. The molecule has 1 rings (SSSR count). The maximum atomic E-state index is 11.7. The van der Waals surface area contributed by atoms with Gasteiger partial charge in [0.25, 0.3) is 0 Å². The predicted molar refractivity (Wildman–Crippen MR) is 72.3 cm³/mol. The number of para-hydroxylation sites is 1. The third-order valence-electron chi connectivity index (χ3n) is 2.58. The Morgan fingerprint density at radius 3 is 2.88 bits per heavy atom. The first-order valence-electron chi connectivity index (χ1n) is 5.89. The van der Waals surface area contributed by atoms with Gasteiger partial charge >= 0.3 is 0 Å². The zero-order valence-corrected chi connectivity index (χ0v) is 10.5. The standard InChI is InChI=1S/C14H20N2O/c1-4-9-15-10-13(17)16-14-11(3)7-6-8-12(14)5-2/h4,6-8,15H,1,5,9-10H2,2-3H3,(H,16,17). The summed E-state index contributed by atoms with van der Waals surface area (Å²) >= 11 is 0. The summed E-state index contributed by atoms with van der Waals surface area (Å²) in [5.74, 6) is -0.0177. The lowest BCUT2D eigenvalue weighted by molar-refractivity contribution is -0.115. The molecule has 2 N–H and O–H groups in total. The monoisotopic (exact) mass is 232 g/mol. The highest BCUT2D eigenvalue weighted by molar-refractivity contribution is 5.93. The number of carbonyl (C=O) groups is 1. The number of hydrogen-bond donors (Lipinski definition) is 2. The molecule has 3 nitrogen and oxygen atoms in total. The maximum Gasteiger partial charge on any atom is 0.238 e. The number of aryl methyl sites for hydroxylation is 2. The van der Waals surface area contributed by atoms with Crippen molar-refractivity contribution in [1.29, 1.82) is 0 Å². The van der Waals surface area contributed by atoms with Crippen molar-refractivity contribution in [3.8, 4) is 0 Å². The molecule has 0 heterocycles. The first-order chi connectivity index (χ1) is 8.19. The summed E-state index contributed by atoms with van der Waals surface area (Å²) in [4.78, 5) is 11.7. The van der Waals surface area contributed by atoms with Gasteiger partial charge in [0.2, 0.25) is 5.91 Å². The summed E-state index contributed by atoms with van der Waals surface area (Å²) in [5.41, 5.74) is 3.21. The normalized spacial score (nSPS) is 10.0. The topological polar surface area (TPSA) is 41.1 Å². The molecular formula is C14H20N2O. The van der Waals surface area contributed by atoms with E-state index in [0.29, 0.717) is 13.1 Å². The summed E-state index contributed by atoms with van der Waals surface area (Å²) in [5, 5.41) is 5.93. The van der Waals surface area contributed by atoms with E-state index in [0.717, 1.165) is 17.7 Å². The fraction of sp³-hybridized carbons (Fsp3) is 0.357. The molecule has 0 aliphatic carbocycles. The Labute approximate surface area is 103 Å². The molecule has 3 heteroatoms. The number of benzene rings is 1. The second-order valence-electron chi connectivity index (χ2n) is 3.93. The maximum absolute atomic E-state index is 11.7. The van der Waals surface area contributed by atoms with Gasteiger partial charge in [-0.05, 0) is 24.5 Å². The SMILES string of the molecule is C=CCNCC(=O)Nc1c(C)cccc1CC. The minimum absolute atomic E-state index is 0.0177. The van der Waals surface area contributed by atoms with Gasteiger partial charge in [0.05, 0.1) is 6.54 Å². The van der Waals surface area contributed by atoms with Crippen molar-refractivity contribution in [2.45, 2.75) is 20.3 Å². The lowest BCUT2D eigenvalue weighted by atomic mass is 10.1. The van der Waals surface area contributed by atoms with Crippen molar-refractivity contribution in [3.05, 3.63) is 42.0 Å². The van der Waals surface area contributed by atoms with Gasteiger partial charge in [-0.3, -0.25) is 4.79 Å². The van der Waals surface area contributed by atoms with E-state index in [1.807, 2.05) is 25.1 Å². The van der Waals surface area contributed by atoms with Gasteiger partial charge in [-0.15, -0.1) is 6.58 Å². The van der Waals surface area contributed by atoms with Crippen LogP contribution in [0.2, 0.25) is 0 Å². The molecule has 1 aromatic rings. The van der Waals surface area contributed by atoms with Gasteiger partial charge in [0.1, 0.15) is 0 Å². The van der Waals surface area contributed by atoms with Crippen LogP contribution in [0.4, 0.5) is 5.69 Å². The summed E-state index contributed by atoms with van der Waals surface area (Å²) in [6, 6.07) is 6.06. The Morgan fingerprint density at radius 2 is 2.24 bits per heavy atom. The van der Waals surface area contributed by atoms with E-state index in [-0.39, 0.29) is 5.91 Å². The Kier molecular flexibility index (Phi) is 5.43. The van der Waals surface area contributed by atoms with E-state index in [1.165, 1.54) is 5.56 Å². The van der Waals surface area contributed by atoms with Crippen molar-refractivity contribution < 1.29 is 4.79 Å². The molecule has 0 atom stereocenters. The Hall–Kier alpha value is -1.61. The molecule has 0 fully saturated rings. The molecule has 0 spiro atoms. The number of nitrogens with one attached hydrogen (secondary N) is 2. The summed E-state index contributed by atoms with van der Waals surface area (Å²) in [6.45, 7) is 8.63. The molecule has 17 heavy (non-hydrogen) atoms. The molecular weight excluding hydrogens is 212 g/mol. The van der Waals surface area contributed by atoms with Gasteiger partial charge in [-0.2, -0.15) is 0 Å². The summed E-state index contributed by atoms with van der Waals surface area (Å²) < 4.78 is 0. The number of anilines is 1. The zero-order chi connectivity index (χ0) is 12.7. The number of rotatable bonds is 6. The smallest absolute Gasteiger partial charge is 0.238 e. The van der Waals surface area contributed by atoms with Crippen molar-refractivity contribution in [2.24, 2.45) is 0 Å². The molecule has 92 valence electrons. The molecule has 0 saturated heterocycles. The lowest BCUT2D eigenvalue weighted by Gasteiger charge is -2.13. The van der Waals surface area contributed by atoms with E-state index < -0.39 is 0 Å². The first-order valence-corrected chi connectivity index (χ1v) is 5.89. The minimum Gasteiger partial charge on any atom is -0.324 e. The van der Waals surface area contributed by atoms with Gasteiger partial charge < -0.3 is 10.6 Å². The molecule has 0 aliphatic heterocycles. The zero-order valence-electron chi connectivity index (χ0n) is 10.5. The van der Waals surface area contributed by atoms with Crippen molar-refractivity contribution in [2.75, 3.05) is 18.4 Å². The molecule has 0 aliphatic rings. The van der Waals surface area contributed by atoms with Crippen LogP contribution in [0.3, 0.4) is 0 Å². The molecule has 0 radical (unpaired) electrons. The predicted octanol–water partition coefficient (Wildman–Crippen LogP) is 2.27. The average Bonchev–Trinajstić information content (AvgIpc) is 2.32. The van der Waals surface area contributed by atoms with E-state index in [1.54, 1.807) is 6.08 Å². The first kappa shape index (κ1) is 13.5. The Balaban J connectivity index is 2.67. The van der Waals surface area contributed by atoms with Gasteiger partial charge in [-0.25, -0.2) is 0 Å². The third-order valence-corrected chi connectivity index (χ3v) is 2.58. The minimum atomic E-state index is -0.0177. The molecule has 0 unspecified atom stereocenters. The summed E-state index contributed by atoms with van der Waals surface area (Å²) in [6.07, 6.45) is 2.65. The number of amides is 1. The van der Waals surface area contributed by atoms with Gasteiger partial charge in [0.15, 0.2) is 0 Å². The molecule has 1 amide bonds. The fourth-order valence-electron chi connectivity index (χ4n) is 1.67. The van der Waals surface area contributed by atoms with E-state index >= 15 is 0 Å². The second-order valence-corrected chi connectivity index (χ2v) is 3.93. The van der Waals surface area contributed by atoms with Crippen molar-refractivity contribution in [3.63, 3.8) is 0 Å². The Morgan fingerprint density at radius 1 is 1.47 bits per heavy atom. The molecule has 0 saturated carbocycles. The summed E-state index contributed by atoms with van der Waals surface area (Å²) in [7, 11) is 0. The van der Waals surface area contributed by atoms with Crippen LogP contribution in [0, 0.1) is 6.92 Å². The third kappa shape index (κ3) is 4.04. The molecule has 0 bridgehead atoms. The van der Waals surface area contributed by atoms with Crippen LogP contribution in [0.25, 0.3) is 0 Å². The molecule has 0 aromatic heterocycles. The lowest BCUT2D eigenvalue weighted by Crippen LogP contribution is -2.28. The van der Waals surface area contributed by atoms with Crippen LogP contribution in [0.1, 0.15) is 18.1 Å². The highest BCUT2D eigenvalue weighted by atomic mass is 16.1. The van der Waals surface area contributed by atoms with Crippen LogP contribution < -0.4 is 10.6 Å². The van der Waals surface area contributed by atoms with Crippen LogP contribution >= 0.6 is 0 Å². The van der Waals surface area contributed by atoms with E-state index in [2.05, 4.69) is 24.1 Å². The van der Waals surface area contributed by atoms with Gasteiger partial charge in [0, 0.05) is 12.2 Å². The number of hydrogen-bond acceptors (Lipinski definition) is 2.